The van der Waals surface area contributed by atoms with Crippen molar-refractivity contribution in [2.24, 2.45) is 5.92 Å². The van der Waals surface area contributed by atoms with E-state index in [-0.39, 0.29) is 42.3 Å². The minimum Gasteiger partial charge on any atom is -0.459 e. The zero-order valence-electron chi connectivity index (χ0n) is 22.4. The minimum absolute atomic E-state index is 0.00491. The fourth-order valence-electron chi connectivity index (χ4n) is 4.91. The molecule has 1 aromatic carbocycles. The number of aliphatic hydroxyl groups is 1. The monoisotopic (exact) mass is 551 g/mol. The molecule has 4 rings (SSSR count). The van der Waals surface area contributed by atoms with Gasteiger partial charge in [-0.05, 0) is 43.5 Å². The number of rotatable bonds is 12. The smallest absolute Gasteiger partial charge is 0.287 e. The maximum atomic E-state index is 13.2. The van der Waals surface area contributed by atoms with Crippen LogP contribution in [0.4, 0.5) is 11.5 Å². The number of nitrogens with one attached hydrogen (secondary N) is 2. The molecule has 0 fully saturated rings. The van der Waals surface area contributed by atoms with E-state index in [1.54, 1.807) is 10.6 Å². The third-order valence-electron chi connectivity index (χ3n) is 6.75. The lowest BCUT2D eigenvalue weighted by Gasteiger charge is -2.36. The fourth-order valence-corrected chi connectivity index (χ4v) is 4.91. The molecular weight excluding hydrogens is 518 g/mol. The highest BCUT2D eigenvalue weighted by Crippen LogP contribution is 2.42. The largest absolute Gasteiger partial charge is 0.459 e. The topological polar surface area (TPSA) is 158 Å². The molecule has 1 aliphatic heterocycles. The molecule has 3 N–H and O–H groups in total. The summed E-state index contributed by atoms with van der Waals surface area (Å²) in [7, 11) is 0. The Morgan fingerprint density at radius 2 is 2.02 bits per heavy atom. The lowest BCUT2D eigenvalue weighted by atomic mass is 9.80. The van der Waals surface area contributed by atoms with Crippen LogP contribution in [0.2, 0.25) is 0 Å². The molecule has 3 aromatic rings. The van der Waals surface area contributed by atoms with E-state index >= 15 is 0 Å². The van der Waals surface area contributed by atoms with Gasteiger partial charge in [-0.1, -0.05) is 18.2 Å². The lowest BCUT2D eigenvalue weighted by Crippen LogP contribution is -2.39. The van der Waals surface area contributed by atoms with Gasteiger partial charge in [-0.25, -0.2) is 4.98 Å². The molecule has 2 aromatic heterocycles. The Morgan fingerprint density at radius 1 is 1.23 bits per heavy atom. The van der Waals surface area contributed by atoms with Gasteiger partial charge in [0, 0.05) is 62.7 Å². The second-order valence-corrected chi connectivity index (χ2v) is 9.36. The molecular formula is C28H33N5O7. The van der Waals surface area contributed by atoms with Crippen molar-refractivity contribution >= 4 is 34.2 Å². The van der Waals surface area contributed by atoms with Gasteiger partial charge in [0.15, 0.2) is 5.76 Å². The number of anilines is 1. The number of carbonyl (C=O) groups is 2. The molecule has 0 saturated heterocycles. The van der Waals surface area contributed by atoms with E-state index in [4.69, 9.17) is 9.47 Å². The van der Waals surface area contributed by atoms with Gasteiger partial charge in [0.25, 0.3) is 11.6 Å². The van der Waals surface area contributed by atoms with Crippen LogP contribution in [0.5, 0.6) is 0 Å². The average Bonchev–Trinajstić information content (AvgIpc) is 3.34. The summed E-state index contributed by atoms with van der Waals surface area (Å²) in [6, 6.07) is 10.4. The van der Waals surface area contributed by atoms with E-state index in [1.807, 2.05) is 37.4 Å². The van der Waals surface area contributed by atoms with Crippen LogP contribution in [0.25, 0.3) is 10.9 Å². The van der Waals surface area contributed by atoms with Crippen LogP contribution in [0.1, 0.15) is 43.0 Å². The number of hydrogen-bond acceptors (Lipinski definition) is 9. The summed E-state index contributed by atoms with van der Waals surface area (Å²) in [6.07, 6.45) is 5.12. The summed E-state index contributed by atoms with van der Waals surface area (Å²) in [5.41, 5.74) is 1.54. The number of aliphatic hydroxyl groups excluding tert-OH is 1. The Balaban J connectivity index is 1.56. The van der Waals surface area contributed by atoms with Crippen LogP contribution in [0.3, 0.4) is 0 Å². The van der Waals surface area contributed by atoms with Gasteiger partial charge in [0.2, 0.25) is 12.2 Å². The SMILES string of the molecule is CCO[C@H]1OC(C(=O)NCCNc2ccc([N+](=O)[O-])cn2)=C[C@@H](c2cn(C(C)=O)c3ccccc23)[C@H]1CCCO. The van der Waals surface area contributed by atoms with Gasteiger partial charge in [0.05, 0.1) is 10.4 Å². The second-order valence-electron chi connectivity index (χ2n) is 9.36. The highest BCUT2D eigenvalue weighted by molar-refractivity contribution is 5.95. The van der Waals surface area contributed by atoms with E-state index in [2.05, 4.69) is 15.6 Å². The number of nitrogens with zero attached hydrogens (tertiary/aromatic N) is 3. The first kappa shape index (κ1) is 28.7. The molecule has 3 atom stereocenters. The Morgan fingerprint density at radius 3 is 2.70 bits per heavy atom. The molecule has 1 aliphatic rings. The van der Waals surface area contributed by atoms with Crippen LogP contribution in [-0.2, 0) is 14.3 Å². The zero-order valence-corrected chi connectivity index (χ0v) is 22.4. The molecule has 0 saturated carbocycles. The number of nitro groups is 1. The van der Waals surface area contributed by atoms with Gasteiger partial charge < -0.3 is 25.2 Å². The number of allylic oxidation sites excluding steroid dienone is 1. The molecule has 3 heterocycles. The standard InChI is InChI=1S/C28H33N5O7/c1-3-39-28-21(8-6-14-34)22(23-17-32(18(2)35)24-9-5-4-7-20(23)24)15-25(40-28)27(36)30-13-12-29-26-11-10-19(16-31-26)33(37)38/h4-5,7,9-11,15-17,21-22,28,34H,3,6,8,12-14H2,1-2H3,(H,29,31)(H,30,36)/t21-,22-,28+/m1/s1. The summed E-state index contributed by atoms with van der Waals surface area (Å²) in [5.74, 6) is -0.519. The van der Waals surface area contributed by atoms with Crippen molar-refractivity contribution in [3.8, 4) is 0 Å². The van der Waals surface area contributed by atoms with E-state index in [9.17, 15) is 24.8 Å². The molecule has 212 valence electrons. The Hall–Kier alpha value is -4.29. The first-order valence-corrected chi connectivity index (χ1v) is 13.2. The molecule has 12 heteroatoms. The van der Waals surface area contributed by atoms with Crippen molar-refractivity contribution in [3.63, 3.8) is 0 Å². The molecule has 40 heavy (non-hydrogen) atoms. The van der Waals surface area contributed by atoms with Crippen molar-refractivity contribution in [3.05, 3.63) is 76.3 Å². The molecule has 0 spiro atoms. The van der Waals surface area contributed by atoms with Crippen LogP contribution in [-0.4, -0.2) is 64.0 Å². The number of pyridine rings is 1. The maximum Gasteiger partial charge on any atom is 0.287 e. The number of para-hydroxylation sites is 1. The number of ether oxygens (including phenoxy) is 2. The van der Waals surface area contributed by atoms with Crippen LogP contribution in [0, 0.1) is 16.0 Å². The van der Waals surface area contributed by atoms with E-state index in [0.29, 0.717) is 31.8 Å². The van der Waals surface area contributed by atoms with Crippen molar-refractivity contribution < 1.29 is 29.1 Å². The number of amides is 1. The summed E-state index contributed by atoms with van der Waals surface area (Å²) in [5, 5.41) is 27.1. The summed E-state index contributed by atoms with van der Waals surface area (Å²) >= 11 is 0. The van der Waals surface area contributed by atoms with E-state index in [1.165, 1.54) is 19.1 Å². The lowest BCUT2D eigenvalue weighted by molar-refractivity contribution is -0.385. The molecule has 12 nitrogen and oxygen atoms in total. The van der Waals surface area contributed by atoms with Crippen LogP contribution in [0.15, 0.2) is 60.6 Å². The van der Waals surface area contributed by atoms with Crippen molar-refractivity contribution in [2.45, 2.75) is 38.9 Å². The summed E-state index contributed by atoms with van der Waals surface area (Å²) in [6.45, 7) is 4.28. The maximum absolute atomic E-state index is 13.2. The second kappa shape index (κ2) is 13.2. The Labute approximate surface area is 231 Å². The molecule has 0 bridgehead atoms. The number of carbonyl (C=O) groups excluding carboxylic acids is 2. The predicted octanol–water partition coefficient (Wildman–Crippen LogP) is 3.58. The first-order valence-electron chi connectivity index (χ1n) is 13.2. The number of fused-ring (bicyclic) bond motifs is 1. The zero-order chi connectivity index (χ0) is 28.6. The Bertz CT molecular complexity index is 1390. The van der Waals surface area contributed by atoms with Gasteiger partial charge >= 0.3 is 0 Å². The number of hydrogen-bond donors (Lipinski definition) is 3. The predicted molar refractivity (Wildman–Crippen MR) is 148 cm³/mol. The summed E-state index contributed by atoms with van der Waals surface area (Å²) in [4.78, 5) is 39.8. The van der Waals surface area contributed by atoms with E-state index < -0.39 is 17.1 Å². The third-order valence-corrected chi connectivity index (χ3v) is 6.75. The van der Waals surface area contributed by atoms with Crippen LogP contribution < -0.4 is 10.6 Å². The van der Waals surface area contributed by atoms with E-state index in [0.717, 1.165) is 22.7 Å². The van der Waals surface area contributed by atoms with Gasteiger partial charge in [-0.3, -0.25) is 24.3 Å². The van der Waals surface area contributed by atoms with Gasteiger partial charge in [-0.2, -0.15) is 0 Å². The highest BCUT2D eigenvalue weighted by Gasteiger charge is 2.39. The number of benzene rings is 1. The number of aromatic nitrogens is 2. The van der Waals surface area contributed by atoms with Crippen molar-refractivity contribution in [1.29, 1.82) is 0 Å². The third kappa shape index (κ3) is 6.46. The Kier molecular flexibility index (Phi) is 9.46. The molecule has 0 radical (unpaired) electrons. The first-order chi connectivity index (χ1) is 19.3. The molecule has 0 unspecified atom stereocenters. The molecule has 0 aliphatic carbocycles. The van der Waals surface area contributed by atoms with Gasteiger partial charge in [0.1, 0.15) is 12.0 Å². The van der Waals surface area contributed by atoms with Crippen molar-refractivity contribution in [1.82, 2.24) is 14.9 Å². The fraction of sp³-hybridized carbons (Fsp3) is 0.393. The minimum atomic E-state index is -0.728. The quantitative estimate of drug-likeness (QED) is 0.174. The average molecular weight is 552 g/mol. The summed E-state index contributed by atoms with van der Waals surface area (Å²) < 4.78 is 13.6. The normalized spacial score (nSPS) is 18.6. The van der Waals surface area contributed by atoms with Gasteiger partial charge in [-0.15, -0.1) is 0 Å². The highest BCUT2D eigenvalue weighted by atomic mass is 16.7. The molecule has 1 amide bonds. The van der Waals surface area contributed by atoms with Crippen LogP contribution >= 0.6 is 0 Å². The van der Waals surface area contributed by atoms with Crippen molar-refractivity contribution in [2.75, 3.05) is 31.6 Å².